The fraction of sp³-hybridized carbons (Fsp3) is 0.474. The third-order valence-electron chi connectivity index (χ3n) is 5.21. The standard InChI is InChI=1S/C19H24N2OS/c1-22-18-4-2-15(3-5-18)16-12-19(23-14-16)13-21-11-10-20-8-6-17(21)7-9-20/h2-5,12,14,17H,6-11,13H2,1H3. The first-order valence-corrected chi connectivity index (χ1v) is 9.38. The Kier molecular flexibility index (Phi) is 4.38. The molecule has 3 aliphatic rings. The molecule has 4 heterocycles. The van der Waals surface area contributed by atoms with Crippen LogP contribution in [0.25, 0.3) is 11.1 Å². The number of benzene rings is 1. The van der Waals surface area contributed by atoms with Crippen molar-refractivity contribution in [1.82, 2.24) is 9.80 Å². The minimum Gasteiger partial charge on any atom is -0.497 e. The molecule has 1 aromatic carbocycles. The maximum atomic E-state index is 5.24. The molecule has 0 aliphatic carbocycles. The molecule has 0 radical (unpaired) electrons. The summed E-state index contributed by atoms with van der Waals surface area (Å²) in [7, 11) is 1.71. The number of rotatable bonds is 4. The van der Waals surface area contributed by atoms with Gasteiger partial charge >= 0.3 is 0 Å². The summed E-state index contributed by atoms with van der Waals surface area (Å²) in [5, 5.41) is 2.29. The van der Waals surface area contributed by atoms with E-state index >= 15 is 0 Å². The van der Waals surface area contributed by atoms with Crippen molar-refractivity contribution in [3.05, 3.63) is 40.6 Å². The molecule has 3 nitrogen and oxygen atoms in total. The van der Waals surface area contributed by atoms with Gasteiger partial charge in [-0.3, -0.25) is 4.90 Å². The molecule has 0 atom stereocenters. The Morgan fingerprint density at radius 2 is 1.83 bits per heavy atom. The molecule has 3 aliphatic heterocycles. The minimum atomic E-state index is 0.792. The first kappa shape index (κ1) is 15.2. The van der Waals surface area contributed by atoms with E-state index in [1.54, 1.807) is 7.11 Å². The molecule has 5 rings (SSSR count). The lowest BCUT2D eigenvalue weighted by molar-refractivity contribution is 0.178. The average molecular weight is 328 g/mol. The average Bonchev–Trinajstić information content (AvgIpc) is 2.90. The lowest BCUT2D eigenvalue weighted by Crippen LogP contribution is -2.37. The highest BCUT2D eigenvalue weighted by Crippen LogP contribution is 2.30. The molecular formula is C19H24N2OS. The summed E-state index contributed by atoms with van der Waals surface area (Å²) in [6, 6.07) is 11.5. The zero-order chi connectivity index (χ0) is 15.6. The highest BCUT2D eigenvalue weighted by molar-refractivity contribution is 7.10. The molecule has 3 saturated heterocycles. The van der Waals surface area contributed by atoms with Crippen molar-refractivity contribution in [1.29, 1.82) is 0 Å². The number of hydrogen-bond acceptors (Lipinski definition) is 4. The maximum absolute atomic E-state index is 5.24. The summed E-state index contributed by atoms with van der Waals surface area (Å²) >= 11 is 1.89. The van der Waals surface area contributed by atoms with Gasteiger partial charge in [0.2, 0.25) is 0 Å². The van der Waals surface area contributed by atoms with Gasteiger partial charge in [0.15, 0.2) is 0 Å². The Morgan fingerprint density at radius 3 is 2.57 bits per heavy atom. The van der Waals surface area contributed by atoms with Crippen LogP contribution in [0.4, 0.5) is 0 Å². The maximum Gasteiger partial charge on any atom is 0.118 e. The highest BCUT2D eigenvalue weighted by atomic mass is 32.1. The number of methoxy groups -OCH3 is 1. The quantitative estimate of drug-likeness (QED) is 0.851. The lowest BCUT2D eigenvalue weighted by Gasteiger charge is -2.31. The number of hydrogen-bond donors (Lipinski definition) is 0. The molecule has 0 amide bonds. The van der Waals surface area contributed by atoms with Gasteiger partial charge in [0, 0.05) is 30.6 Å². The first-order chi connectivity index (χ1) is 11.3. The van der Waals surface area contributed by atoms with E-state index < -0.39 is 0 Å². The van der Waals surface area contributed by atoms with Crippen LogP contribution in [0, 0.1) is 0 Å². The normalized spacial score (nSPS) is 24.6. The van der Waals surface area contributed by atoms with E-state index in [4.69, 9.17) is 4.74 Å². The number of nitrogens with zero attached hydrogens (tertiary/aromatic N) is 2. The van der Waals surface area contributed by atoms with Crippen molar-refractivity contribution in [2.24, 2.45) is 0 Å². The van der Waals surface area contributed by atoms with Crippen molar-refractivity contribution in [2.75, 3.05) is 33.3 Å². The van der Waals surface area contributed by atoms with Crippen molar-refractivity contribution in [3.63, 3.8) is 0 Å². The van der Waals surface area contributed by atoms with E-state index in [1.165, 1.54) is 55.0 Å². The van der Waals surface area contributed by atoms with Gasteiger partial charge in [-0.15, -0.1) is 11.3 Å². The third kappa shape index (κ3) is 3.30. The van der Waals surface area contributed by atoms with Crippen LogP contribution in [0.1, 0.15) is 17.7 Å². The van der Waals surface area contributed by atoms with E-state index in [2.05, 4.69) is 33.4 Å². The lowest BCUT2D eigenvalue weighted by atomic mass is 10.1. The molecule has 0 unspecified atom stereocenters. The van der Waals surface area contributed by atoms with Crippen LogP contribution in [0.5, 0.6) is 5.75 Å². The van der Waals surface area contributed by atoms with Gasteiger partial charge in [-0.25, -0.2) is 0 Å². The SMILES string of the molecule is COc1ccc(-c2csc(CN3CCN4CCC3CC4)c2)cc1. The largest absolute Gasteiger partial charge is 0.497 e. The van der Waals surface area contributed by atoms with Crippen LogP contribution in [0.15, 0.2) is 35.7 Å². The molecule has 0 N–H and O–H groups in total. The van der Waals surface area contributed by atoms with Gasteiger partial charge in [-0.2, -0.15) is 0 Å². The van der Waals surface area contributed by atoms with Crippen molar-refractivity contribution in [3.8, 4) is 16.9 Å². The van der Waals surface area contributed by atoms with Crippen molar-refractivity contribution in [2.45, 2.75) is 25.4 Å². The van der Waals surface area contributed by atoms with Crippen molar-refractivity contribution < 1.29 is 4.74 Å². The van der Waals surface area contributed by atoms with Gasteiger partial charge in [0.05, 0.1) is 7.11 Å². The Bertz CT molecular complexity index is 644. The predicted octanol–water partition coefficient (Wildman–Crippen LogP) is 3.70. The van der Waals surface area contributed by atoms with E-state index in [0.717, 1.165) is 18.3 Å². The Morgan fingerprint density at radius 1 is 1.04 bits per heavy atom. The van der Waals surface area contributed by atoms with Gasteiger partial charge < -0.3 is 9.64 Å². The Hall–Kier alpha value is -1.36. The smallest absolute Gasteiger partial charge is 0.118 e. The third-order valence-corrected chi connectivity index (χ3v) is 6.13. The van der Waals surface area contributed by atoms with Crippen LogP contribution in [0.2, 0.25) is 0 Å². The molecule has 0 spiro atoms. The second-order valence-corrected chi connectivity index (χ2v) is 7.57. The molecule has 23 heavy (non-hydrogen) atoms. The monoisotopic (exact) mass is 328 g/mol. The highest BCUT2D eigenvalue weighted by Gasteiger charge is 2.28. The second-order valence-electron chi connectivity index (χ2n) is 6.57. The fourth-order valence-corrected chi connectivity index (χ4v) is 4.69. The summed E-state index contributed by atoms with van der Waals surface area (Å²) in [4.78, 5) is 6.81. The van der Waals surface area contributed by atoms with E-state index in [1.807, 2.05) is 23.5 Å². The topological polar surface area (TPSA) is 15.7 Å². The summed E-state index contributed by atoms with van der Waals surface area (Å²) < 4.78 is 5.24. The zero-order valence-electron chi connectivity index (χ0n) is 13.7. The van der Waals surface area contributed by atoms with Crippen LogP contribution in [0.3, 0.4) is 0 Å². The Balaban J connectivity index is 1.47. The molecule has 2 aromatic rings. The molecule has 3 fully saturated rings. The van der Waals surface area contributed by atoms with Crippen molar-refractivity contribution >= 4 is 11.3 Å². The molecule has 4 heteroatoms. The van der Waals surface area contributed by atoms with E-state index in [-0.39, 0.29) is 0 Å². The summed E-state index contributed by atoms with van der Waals surface area (Å²) in [5.74, 6) is 0.916. The van der Waals surface area contributed by atoms with E-state index in [0.29, 0.717) is 0 Å². The first-order valence-electron chi connectivity index (χ1n) is 8.50. The minimum absolute atomic E-state index is 0.792. The summed E-state index contributed by atoms with van der Waals surface area (Å²) in [6.07, 6.45) is 2.69. The number of thiophene rings is 1. The van der Waals surface area contributed by atoms with Crippen LogP contribution in [-0.2, 0) is 6.54 Å². The number of piperidine rings is 1. The number of ether oxygens (including phenoxy) is 1. The zero-order valence-corrected chi connectivity index (χ0v) is 14.5. The van der Waals surface area contributed by atoms with Crippen LogP contribution < -0.4 is 4.74 Å². The van der Waals surface area contributed by atoms with Crippen LogP contribution in [-0.4, -0.2) is 49.1 Å². The summed E-state index contributed by atoms with van der Waals surface area (Å²) in [6.45, 7) is 6.17. The summed E-state index contributed by atoms with van der Waals surface area (Å²) in [5.41, 5.74) is 2.60. The Labute approximate surface area is 142 Å². The van der Waals surface area contributed by atoms with Gasteiger partial charge in [-0.05, 0) is 60.6 Å². The fourth-order valence-electron chi connectivity index (χ4n) is 3.77. The van der Waals surface area contributed by atoms with Gasteiger partial charge in [0.1, 0.15) is 5.75 Å². The van der Waals surface area contributed by atoms with E-state index in [9.17, 15) is 0 Å². The molecular weight excluding hydrogens is 304 g/mol. The van der Waals surface area contributed by atoms with Crippen LogP contribution >= 0.6 is 11.3 Å². The molecule has 0 saturated carbocycles. The van der Waals surface area contributed by atoms with Gasteiger partial charge in [-0.1, -0.05) is 12.1 Å². The molecule has 1 aromatic heterocycles. The number of fused-ring (bicyclic) bond motifs is 4. The second kappa shape index (κ2) is 6.63. The predicted molar refractivity (Wildman–Crippen MR) is 96.2 cm³/mol. The van der Waals surface area contributed by atoms with Gasteiger partial charge in [0.25, 0.3) is 0 Å². The molecule has 122 valence electrons. The molecule has 2 bridgehead atoms.